The maximum absolute atomic E-state index is 11.8. The van der Waals surface area contributed by atoms with Gasteiger partial charge in [-0.2, -0.15) is 0 Å². The lowest BCUT2D eigenvalue weighted by Crippen LogP contribution is -1.96. The molecule has 0 aromatic heterocycles. The summed E-state index contributed by atoms with van der Waals surface area (Å²) in [5.74, 6) is 6.13. The summed E-state index contributed by atoms with van der Waals surface area (Å²) >= 11 is 0. The lowest BCUT2D eigenvalue weighted by Gasteiger charge is -1.96. The molecule has 0 atom stereocenters. The maximum Gasteiger partial charge on any atom is 0.185 e. The molecule has 0 bridgehead atoms. The predicted molar refractivity (Wildman–Crippen MR) is 91.9 cm³/mol. The van der Waals surface area contributed by atoms with Gasteiger partial charge in [0.15, 0.2) is 5.78 Å². The molecule has 0 saturated carbocycles. The Labute approximate surface area is 134 Å². The summed E-state index contributed by atoms with van der Waals surface area (Å²) in [6, 6.07) is 9.22. The quantitative estimate of drug-likeness (QED) is 0.268. The molecule has 1 rings (SSSR count). The van der Waals surface area contributed by atoms with Crippen LogP contribution in [-0.4, -0.2) is 19.0 Å². The third-order valence-corrected chi connectivity index (χ3v) is 3.25. The smallest absolute Gasteiger partial charge is 0.185 e. The lowest BCUT2D eigenvalue weighted by atomic mass is 10.1. The Morgan fingerprint density at radius 1 is 1.09 bits per heavy atom. The van der Waals surface area contributed by atoms with E-state index in [2.05, 4.69) is 18.8 Å². The van der Waals surface area contributed by atoms with Crippen molar-refractivity contribution in [1.29, 1.82) is 0 Å². The zero-order valence-electron chi connectivity index (χ0n) is 13.5. The molecule has 0 heterocycles. The minimum absolute atomic E-state index is 0.00219. The highest BCUT2D eigenvalue weighted by molar-refractivity contribution is 6.04. The molecular formula is C20H26O2. The van der Waals surface area contributed by atoms with Gasteiger partial charge in [0.05, 0.1) is 6.61 Å². The molecule has 1 aromatic carbocycles. The standard InChI is InChI=1S/C20H26O2/c1-2-3-4-5-6-7-8-12-17-22-18-13-16-20(21)19-14-10-9-11-15-19/h9-11,13-16H,2-7,17-18H2,1H3/b16-13+. The van der Waals surface area contributed by atoms with Crippen molar-refractivity contribution >= 4 is 5.78 Å². The van der Waals surface area contributed by atoms with Gasteiger partial charge in [-0.05, 0) is 12.5 Å². The van der Waals surface area contributed by atoms with Crippen LogP contribution in [0.5, 0.6) is 0 Å². The zero-order chi connectivity index (χ0) is 15.9. The SMILES string of the molecule is CCCCCCCC#CCOC/C=C/C(=O)c1ccccc1. The summed E-state index contributed by atoms with van der Waals surface area (Å²) in [5.41, 5.74) is 0.696. The lowest BCUT2D eigenvalue weighted by molar-refractivity contribution is 0.104. The molecule has 118 valence electrons. The van der Waals surface area contributed by atoms with Crippen molar-refractivity contribution < 1.29 is 9.53 Å². The number of hydrogen-bond acceptors (Lipinski definition) is 2. The fourth-order valence-electron chi connectivity index (χ4n) is 1.99. The van der Waals surface area contributed by atoms with E-state index in [0.29, 0.717) is 18.8 Å². The van der Waals surface area contributed by atoms with Crippen LogP contribution in [0.25, 0.3) is 0 Å². The number of allylic oxidation sites excluding steroid dienone is 1. The van der Waals surface area contributed by atoms with Crippen molar-refractivity contribution in [2.75, 3.05) is 13.2 Å². The maximum atomic E-state index is 11.8. The Kier molecular flexibility index (Phi) is 10.6. The largest absolute Gasteiger partial charge is 0.365 e. The summed E-state index contributed by atoms with van der Waals surface area (Å²) in [6.07, 6.45) is 10.6. The highest BCUT2D eigenvalue weighted by Gasteiger charge is 1.98. The molecule has 0 unspecified atom stereocenters. The van der Waals surface area contributed by atoms with Crippen molar-refractivity contribution in [3.63, 3.8) is 0 Å². The van der Waals surface area contributed by atoms with Gasteiger partial charge in [0.25, 0.3) is 0 Å². The number of benzene rings is 1. The van der Waals surface area contributed by atoms with Gasteiger partial charge in [0.1, 0.15) is 6.61 Å². The van der Waals surface area contributed by atoms with Gasteiger partial charge in [-0.1, -0.05) is 74.9 Å². The molecule has 0 amide bonds. The normalized spacial score (nSPS) is 10.4. The van der Waals surface area contributed by atoms with Gasteiger partial charge < -0.3 is 4.74 Å². The second-order valence-corrected chi connectivity index (χ2v) is 5.17. The van der Waals surface area contributed by atoms with Crippen LogP contribution in [-0.2, 0) is 4.74 Å². The summed E-state index contributed by atoms with van der Waals surface area (Å²) in [6.45, 7) is 3.07. The second kappa shape index (κ2) is 12.9. The van der Waals surface area contributed by atoms with E-state index in [4.69, 9.17) is 4.74 Å². The zero-order valence-corrected chi connectivity index (χ0v) is 13.5. The molecule has 22 heavy (non-hydrogen) atoms. The molecule has 0 aliphatic rings. The molecule has 1 aromatic rings. The van der Waals surface area contributed by atoms with Crippen LogP contribution in [0.1, 0.15) is 55.8 Å². The molecule has 0 aliphatic heterocycles. The van der Waals surface area contributed by atoms with Crippen LogP contribution in [0.3, 0.4) is 0 Å². The van der Waals surface area contributed by atoms with Gasteiger partial charge in [0, 0.05) is 12.0 Å². The molecule has 0 aliphatic carbocycles. The first-order valence-electron chi connectivity index (χ1n) is 8.14. The highest BCUT2D eigenvalue weighted by atomic mass is 16.5. The summed E-state index contributed by atoms with van der Waals surface area (Å²) in [7, 11) is 0. The first kappa shape index (κ1) is 18.2. The molecule has 2 heteroatoms. The van der Waals surface area contributed by atoms with Gasteiger partial charge >= 0.3 is 0 Å². The van der Waals surface area contributed by atoms with E-state index in [0.717, 1.165) is 6.42 Å². The van der Waals surface area contributed by atoms with Crippen molar-refractivity contribution in [3.05, 3.63) is 48.0 Å². The third-order valence-electron chi connectivity index (χ3n) is 3.25. The molecule has 0 saturated heterocycles. The number of unbranched alkanes of at least 4 members (excludes halogenated alkanes) is 5. The van der Waals surface area contributed by atoms with Crippen molar-refractivity contribution in [2.45, 2.75) is 45.4 Å². The van der Waals surface area contributed by atoms with Crippen molar-refractivity contribution in [2.24, 2.45) is 0 Å². The van der Waals surface area contributed by atoms with Crippen LogP contribution in [0, 0.1) is 11.8 Å². The van der Waals surface area contributed by atoms with Crippen LogP contribution < -0.4 is 0 Å². The molecule has 0 radical (unpaired) electrons. The van der Waals surface area contributed by atoms with Crippen LogP contribution in [0.15, 0.2) is 42.5 Å². The first-order chi connectivity index (χ1) is 10.8. The van der Waals surface area contributed by atoms with Gasteiger partial charge in [-0.3, -0.25) is 4.79 Å². The predicted octanol–water partition coefficient (Wildman–Crippen LogP) is 4.81. The fourth-order valence-corrected chi connectivity index (χ4v) is 1.99. The van der Waals surface area contributed by atoms with E-state index in [-0.39, 0.29) is 5.78 Å². The Morgan fingerprint density at radius 3 is 2.64 bits per heavy atom. The molecule has 2 nitrogen and oxygen atoms in total. The number of carbonyl (C=O) groups is 1. The van der Waals surface area contributed by atoms with Crippen LogP contribution in [0.4, 0.5) is 0 Å². The highest BCUT2D eigenvalue weighted by Crippen LogP contribution is 2.03. The first-order valence-corrected chi connectivity index (χ1v) is 8.14. The van der Waals surface area contributed by atoms with E-state index >= 15 is 0 Å². The number of ketones is 1. The van der Waals surface area contributed by atoms with Gasteiger partial charge in [0.2, 0.25) is 0 Å². The van der Waals surface area contributed by atoms with Crippen molar-refractivity contribution in [1.82, 2.24) is 0 Å². The molecular weight excluding hydrogens is 272 g/mol. The van der Waals surface area contributed by atoms with E-state index in [1.807, 2.05) is 18.2 Å². The van der Waals surface area contributed by atoms with Gasteiger partial charge in [-0.25, -0.2) is 0 Å². The Morgan fingerprint density at radius 2 is 1.86 bits per heavy atom. The average Bonchev–Trinajstić information content (AvgIpc) is 2.56. The molecule has 0 spiro atoms. The summed E-state index contributed by atoms with van der Waals surface area (Å²) in [5, 5.41) is 0. The average molecular weight is 298 g/mol. The van der Waals surface area contributed by atoms with E-state index < -0.39 is 0 Å². The Bertz CT molecular complexity index is 491. The minimum Gasteiger partial charge on any atom is -0.365 e. The van der Waals surface area contributed by atoms with E-state index in [9.17, 15) is 4.79 Å². The number of ether oxygens (including phenoxy) is 1. The fraction of sp³-hybridized carbons (Fsp3) is 0.450. The number of rotatable bonds is 10. The second-order valence-electron chi connectivity index (χ2n) is 5.17. The number of carbonyl (C=O) groups excluding carboxylic acids is 1. The number of hydrogen-bond donors (Lipinski definition) is 0. The van der Waals surface area contributed by atoms with Crippen molar-refractivity contribution in [3.8, 4) is 11.8 Å². The van der Waals surface area contributed by atoms with Gasteiger partial charge in [-0.15, -0.1) is 5.92 Å². The molecule has 0 fully saturated rings. The van der Waals surface area contributed by atoms with E-state index in [1.165, 1.54) is 32.1 Å². The van der Waals surface area contributed by atoms with E-state index in [1.54, 1.807) is 24.3 Å². The van der Waals surface area contributed by atoms with Crippen LogP contribution in [0.2, 0.25) is 0 Å². The summed E-state index contributed by atoms with van der Waals surface area (Å²) in [4.78, 5) is 11.8. The minimum atomic E-state index is 0.00219. The topological polar surface area (TPSA) is 26.3 Å². The summed E-state index contributed by atoms with van der Waals surface area (Å²) < 4.78 is 5.35. The Hall–Kier alpha value is -1.85. The Balaban J connectivity index is 2.03. The third kappa shape index (κ3) is 9.15. The monoisotopic (exact) mass is 298 g/mol. The van der Waals surface area contributed by atoms with Crippen LogP contribution >= 0.6 is 0 Å². The molecule has 0 N–H and O–H groups in total.